The minimum absolute atomic E-state index is 0.104. The Morgan fingerprint density at radius 1 is 1.45 bits per heavy atom. The number of oxazole rings is 1. The lowest BCUT2D eigenvalue weighted by atomic mass is 10.1. The van der Waals surface area contributed by atoms with Crippen LogP contribution in [-0.4, -0.2) is 36.2 Å². The summed E-state index contributed by atoms with van der Waals surface area (Å²) in [5.74, 6) is 1.19. The van der Waals surface area contributed by atoms with Crippen LogP contribution < -0.4 is 10.6 Å². The van der Waals surface area contributed by atoms with Crippen molar-refractivity contribution in [1.82, 2.24) is 10.3 Å². The Morgan fingerprint density at radius 3 is 3.05 bits per heavy atom. The Labute approximate surface area is 128 Å². The first-order chi connectivity index (χ1) is 10.6. The van der Waals surface area contributed by atoms with Crippen molar-refractivity contribution in [3.63, 3.8) is 0 Å². The van der Waals surface area contributed by atoms with Gasteiger partial charge in [0.2, 0.25) is 11.8 Å². The van der Waals surface area contributed by atoms with Crippen LogP contribution in [-0.2, 0) is 9.53 Å². The van der Waals surface area contributed by atoms with Crippen LogP contribution in [0.3, 0.4) is 0 Å². The van der Waals surface area contributed by atoms with E-state index in [1.165, 1.54) is 0 Å². The topological polar surface area (TPSA) is 76.4 Å². The Bertz CT molecular complexity index is 668. The Morgan fingerprint density at radius 2 is 2.32 bits per heavy atom. The number of aryl methyl sites for hydroxylation is 1. The highest BCUT2D eigenvalue weighted by Gasteiger charge is 2.28. The lowest BCUT2D eigenvalue weighted by Crippen LogP contribution is -2.53. The largest absolute Gasteiger partial charge is 0.441 e. The number of carbonyl (C=O) groups excluding carboxylic acids is 1. The second kappa shape index (κ2) is 6.29. The first-order valence-electron chi connectivity index (χ1n) is 7.32. The predicted molar refractivity (Wildman–Crippen MR) is 82.5 cm³/mol. The number of hydrogen-bond acceptors (Lipinski definition) is 5. The van der Waals surface area contributed by atoms with Crippen LogP contribution in [0.25, 0.3) is 11.5 Å². The van der Waals surface area contributed by atoms with E-state index in [9.17, 15) is 4.79 Å². The summed E-state index contributed by atoms with van der Waals surface area (Å²) in [6.45, 7) is 5.04. The number of nitrogens with zero attached hydrogens (tertiary/aromatic N) is 1. The Kier molecular flexibility index (Phi) is 4.22. The smallest absolute Gasteiger partial charge is 0.244 e. The van der Waals surface area contributed by atoms with Gasteiger partial charge in [0.05, 0.1) is 18.9 Å². The minimum Gasteiger partial charge on any atom is -0.441 e. The van der Waals surface area contributed by atoms with Crippen molar-refractivity contribution in [3.05, 3.63) is 36.2 Å². The average Bonchev–Trinajstić information content (AvgIpc) is 2.94. The van der Waals surface area contributed by atoms with E-state index >= 15 is 0 Å². The Balaban J connectivity index is 1.74. The molecule has 0 spiro atoms. The van der Waals surface area contributed by atoms with E-state index in [1.807, 2.05) is 38.1 Å². The van der Waals surface area contributed by atoms with Crippen LogP contribution in [0, 0.1) is 6.92 Å². The summed E-state index contributed by atoms with van der Waals surface area (Å²) in [5, 5.41) is 6.08. The molecule has 0 bridgehead atoms. The fraction of sp³-hybridized carbons (Fsp3) is 0.375. The molecule has 1 saturated heterocycles. The molecule has 0 unspecified atom stereocenters. The number of rotatable bonds is 3. The molecule has 0 aliphatic carbocycles. The number of hydrogen-bond donors (Lipinski definition) is 2. The van der Waals surface area contributed by atoms with E-state index in [1.54, 1.807) is 6.20 Å². The molecule has 0 saturated carbocycles. The van der Waals surface area contributed by atoms with Gasteiger partial charge in [-0.15, -0.1) is 0 Å². The van der Waals surface area contributed by atoms with E-state index in [-0.39, 0.29) is 18.1 Å². The highest BCUT2D eigenvalue weighted by atomic mass is 16.5. The zero-order chi connectivity index (χ0) is 15.5. The molecule has 1 aromatic carbocycles. The SMILES string of the molecule is Cc1cnc(-c2cccc(NC(=O)[C@H]3NCCO[C@@H]3C)c2)o1. The van der Waals surface area contributed by atoms with Crippen molar-refractivity contribution >= 4 is 11.6 Å². The van der Waals surface area contributed by atoms with E-state index in [0.717, 1.165) is 11.3 Å². The van der Waals surface area contributed by atoms with E-state index in [4.69, 9.17) is 9.15 Å². The summed E-state index contributed by atoms with van der Waals surface area (Å²) in [7, 11) is 0. The third-order valence-electron chi connectivity index (χ3n) is 3.60. The van der Waals surface area contributed by atoms with Gasteiger partial charge in [0.25, 0.3) is 0 Å². The van der Waals surface area contributed by atoms with E-state index in [0.29, 0.717) is 24.7 Å². The highest BCUT2D eigenvalue weighted by molar-refractivity contribution is 5.95. The molecule has 2 atom stereocenters. The van der Waals surface area contributed by atoms with Crippen molar-refractivity contribution in [2.75, 3.05) is 18.5 Å². The molecule has 6 nitrogen and oxygen atoms in total. The number of morpholine rings is 1. The molecular weight excluding hydrogens is 282 g/mol. The lowest BCUT2D eigenvalue weighted by Gasteiger charge is -2.29. The number of carbonyl (C=O) groups is 1. The molecule has 1 amide bonds. The summed E-state index contributed by atoms with van der Waals surface area (Å²) < 4.78 is 11.0. The van der Waals surface area contributed by atoms with Gasteiger partial charge in [0, 0.05) is 17.8 Å². The first-order valence-corrected chi connectivity index (χ1v) is 7.32. The molecule has 1 aliphatic heterocycles. The predicted octanol–water partition coefficient (Wildman–Crippen LogP) is 1.97. The minimum atomic E-state index is -0.346. The maximum absolute atomic E-state index is 12.3. The van der Waals surface area contributed by atoms with Gasteiger partial charge in [-0.3, -0.25) is 4.79 Å². The summed E-state index contributed by atoms with van der Waals surface area (Å²) in [6.07, 6.45) is 1.53. The van der Waals surface area contributed by atoms with E-state index in [2.05, 4.69) is 15.6 Å². The molecule has 2 N–H and O–H groups in total. The van der Waals surface area contributed by atoms with Crippen LogP contribution in [0.5, 0.6) is 0 Å². The monoisotopic (exact) mass is 301 g/mol. The lowest BCUT2D eigenvalue weighted by molar-refractivity contribution is -0.123. The van der Waals surface area contributed by atoms with Crippen LogP contribution in [0.15, 0.2) is 34.9 Å². The standard InChI is InChI=1S/C16H19N3O3/c1-10-9-18-16(22-10)12-4-3-5-13(8-12)19-15(20)14-11(2)21-7-6-17-14/h3-5,8-9,11,14,17H,6-7H2,1-2H3,(H,19,20)/t11-,14+/m1/s1. The second-order valence-corrected chi connectivity index (χ2v) is 5.35. The van der Waals surface area contributed by atoms with Crippen LogP contribution >= 0.6 is 0 Å². The van der Waals surface area contributed by atoms with Crippen molar-refractivity contribution in [2.24, 2.45) is 0 Å². The Hall–Kier alpha value is -2.18. The van der Waals surface area contributed by atoms with Gasteiger partial charge in [-0.2, -0.15) is 0 Å². The van der Waals surface area contributed by atoms with Gasteiger partial charge in [0.1, 0.15) is 11.8 Å². The van der Waals surface area contributed by atoms with Gasteiger partial charge >= 0.3 is 0 Å². The van der Waals surface area contributed by atoms with Gasteiger partial charge in [0.15, 0.2) is 0 Å². The van der Waals surface area contributed by atoms with Crippen LogP contribution in [0.2, 0.25) is 0 Å². The molecular formula is C16H19N3O3. The normalized spacial score (nSPS) is 21.5. The number of nitrogens with one attached hydrogen (secondary N) is 2. The zero-order valence-corrected chi connectivity index (χ0v) is 12.6. The summed E-state index contributed by atoms with van der Waals surface area (Å²) >= 11 is 0. The van der Waals surface area contributed by atoms with Crippen LogP contribution in [0.1, 0.15) is 12.7 Å². The van der Waals surface area contributed by atoms with Crippen molar-refractivity contribution in [1.29, 1.82) is 0 Å². The molecule has 2 heterocycles. The maximum atomic E-state index is 12.3. The second-order valence-electron chi connectivity index (χ2n) is 5.35. The van der Waals surface area contributed by atoms with E-state index < -0.39 is 0 Å². The van der Waals surface area contributed by atoms with Gasteiger partial charge < -0.3 is 19.8 Å². The fourth-order valence-corrected chi connectivity index (χ4v) is 2.47. The van der Waals surface area contributed by atoms with Crippen molar-refractivity contribution in [3.8, 4) is 11.5 Å². The summed E-state index contributed by atoms with van der Waals surface area (Å²) in [6, 6.07) is 7.09. The summed E-state index contributed by atoms with van der Waals surface area (Å²) in [5.41, 5.74) is 1.53. The number of anilines is 1. The molecule has 0 radical (unpaired) electrons. The van der Waals surface area contributed by atoms with Crippen LogP contribution in [0.4, 0.5) is 5.69 Å². The molecule has 1 fully saturated rings. The molecule has 2 aromatic rings. The van der Waals surface area contributed by atoms with Crippen molar-refractivity contribution < 1.29 is 13.9 Å². The van der Waals surface area contributed by atoms with Gasteiger partial charge in [-0.1, -0.05) is 6.07 Å². The number of amides is 1. The number of ether oxygens (including phenoxy) is 1. The van der Waals surface area contributed by atoms with Gasteiger partial charge in [-0.25, -0.2) is 4.98 Å². The third kappa shape index (κ3) is 3.18. The third-order valence-corrected chi connectivity index (χ3v) is 3.60. The number of aromatic nitrogens is 1. The molecule has 1 aliphatic rings. The van der Waals surface area contributed by atoms with Crippen molar-refractivity contribution in [2.45, 2.75) is 26.0 Å². The highest BCUT2D eigenvalue weighted by Crippen LogP contribution is 2.22. The molecule has 6 heteroatoms. The number of benzene rings is 1. The summed E-state index contributed by atoms with van der Waals surface area (Å²) in [4.78, 5) is 16.5. The molecule has 22 heavy (non-hydrogen) atoms. The zero-order valence-electron chi connectivity index (χ0n) is 12.6. The molecule has 116 valence electrons. The van der Waals surface area contributed by atoms with Gasteiger partial charge in [-0.05, 0) is 32.0 Å². The molecule has 1 aromatic heterocycles. The molecule has 3 rings (SSSR count). The maximum Gasteiger partial charge on any atom is 0.244 e. The fourth-order valence-electron chi connectivity index (χ4n) is 2.47. The quantitative estimate of drug-likeness (QED) is 0.906. The average molecular weight is 301 g/mol. The first kappa shape index (κ1) is 14.7.